The van der Waals surface area contributed by atoms with Crippen molar-refractivity contribution in [3.05, 3.63) is 28.8 Å². The average molecular weight is 586 g/mol. The second-order valence-corrected chi connectivity index (χ2v) is 13.0. The van der Waals surface area contributed by atoms with Crippen molar-refractivity contribution in [2.45, 2.75) is 84.2 Å². The lowest BCUT2D eigenvalue weighted by molar-refractivity contribution is -0.130. The van der Waals surface area contributed by atoms with Gasteiger partial charge >= 0.3 is 0 Å². The smallest absolute Gasteiger partial charge is 0.243 e. The van der Waals surface area contributed by atoms with Crippen LogP contribution in [0.15, 0.2) is 18.2 Å². The van der Waals surface area contributed by atoms with E-state index in [9.17, 15) is 14.4 Å². The number of hydrogen-bond donors (Lipinski definition) is 3. The van der Waals surface area contributed by atoms with E-state index in [1.54, 1.807) is 18.3 Å². The third-order valence-electron chi connectivity index (χ3n) is 8.31. The van der Waals surface area contributed by atoms with Gasteiger partial charge in [-0.1, -0.05) is 33.8 Å². The van der Waals surface area contributed by atoms with Crippen LogP contribution in [-0.2, 0) is 25.5 Å². The van der Waals surface area contributed by atoms with Gasteiger partial charge in [-0.2, -0.15) is 0 Å². The second-order valence-electron chi connectivity index (χ2n) is 11.9. The first-order chi connectivity index (χ1) is 19.7. The molecule has 0 radical (unpaired) electrons. The molecule has 4 rings (SSSR count). The molecule has 0 bridgehead atoms. The molecule has 41 heavy (non-hydrogen) atoms. The molecule has 2 aliphatic heterocycles. The molecule has 0 aliphatic carbocycles. The van der Waals surface area contributed by atoms with Gasteiger partial charge in [0.2, 0.25) is 17.7 Å². The maximum absolute atomic E-state index is 13.7. The molecule has 2 fully saturated rings. The number of benzene rings is 1. The lowest BCUT2D eigenvalue weighted by Crippen LogP contribution is -2.56. The summed E-state index contributed by atoms with van der Waals surface area (Å²) in [6.45, 7) is 12.6. The van der Waals surface area contributed by atoms with Crippen molar-refractivity contribution < 1.29 is 19.1 Å². The first-order valence-electron chi connectivity index (χ1n) is 15.3. The Balaban J connectivity index is 1.44. The van der Waals surface area contributed by atoms with Gasteiger partial charge in [-0.15, -0.1) is 11.3 Å². The Bertz CT molecular complexity index is 1170. The fraction of sp³-hybridized carbons (Fsp3) is 0.677. The maximum Gasteiger partial charge on any atom is 0.243 e. The Hall–Kier alpha value is -2.56. The van der Waals surface area contributed by atoms with Gasteiger partial charge in [0.05, 0.1) is 15.2 Å². The van der Waals surface area contributed by atoms with E-state index in [-0.39, 0.29) is 42.0 Å². The standard InChI is InChI=1S/C31H47N5O4S/c1-5-28(37)33-25(17-29-34-24-9-8-23(20(2)3)16-27(24)41-29)31(39)35-26(22-10-14-40-15-11-22)18-32-30(38)21(4)19-36-12-6-7-13-36/h8-9,16,20-22,25-26H,5-7,10-15,17-19H2,1-4H3,(H,32,38)(H,33,37)(H,35,39)/t21?,25-,26?/m0/s1. The summed E-state index contributed by atoms with van der Waals surface area (Å²) in [5.74, 6) is 0.0597. The number of rotatable bonds is 13. The highest BCUT2D eigenvalue weighted by atomic mass is 32.1. The molecule has 2 unspecified atom stereocenters. The number of amides is 3. The van der Waals surface area contributed by atoms with Crippen LogP contribution in [0, 0.1) is 11.8 Å². The Labute approximate surface area is 248 Å². The predicted octanol–water partition coefficient (Wildman–Crippen LogP) is 3.62. The summed E-state index contributed by atoms with van der Waals surface area (Å²) in [6, 6.07) is 5.28. The number of likely N-dealkylation sites (tertiary alicyclic amines) is 1. The van der Waals surface area contributed by atoms with Gasteiger partial charge < -0.3 is 25.6 Å². The molecule has 226 valence electrons. The monoisotopic (exact) mass is 585 g/mol. The van der Waals surface area contributed by atoms with Crippen molar-refractivity contribution in [1.82, 2.24) is 25.8 Å². The number of carbonyl (C=O) groups is 3. The van der Waals surface area contributed by atoms with Gasteiger partial charge in [0.15, 0.2) is 0 Å². The normalized spacial score (nSPS) is 18.8. The number of thiazole rings is 1. The van der Waals surface area contributed by atoms with E-state index in [4.69, 9.17) is 9.72 Å². The molecule has 10 heteroatoms. The summed E-state index contributed by atoms with van der Waals surface area (Å²) < 4.78 is 6.65. The molecule has 2 aromatic rings. The van der Waals surface area contributed by atoms with E-state index in [2.05, 4.69) is 46.8 Å². The molecular formula is C31H47N5O4S. The number of nitrogens with zero attached hydrogens (tertiary/aromatic N) is 2. The number of nitrogens with one attached hydrogen (secondary N) is 3. The highest BCUT2D eigenvalue weighted by Gasteiger charge is 2.31. The van der Waals surface area contributed by atoms with E-state index in [1.807, 2.05) is 13.0 Å². The van der Waals surface area contributed by atoms with Crippen LogP contribution >= 0.6 is 11.3 Å². The van der Waals surface area contributed by atoms with Crippen molar-refractivity contribution in [3.8, 4) is 0 Å². The molecule has 3 N–H and O–H groups in total. The highest BCUT2D eigenvalue weighted by Crippen LogP contribution is 2.27. The average Bonchev–Trinajstić information content (AvgIpc) is 3.63. The van der Waals surface area contributed by atoms with Crippen LogP contribution in [0.25, 0.3) is 10.2 Å². The minimum Gasteiger partial charge on any atom is -0.381 e. The number of aromatic nitrogens is 1. The largest absolute Gasteiger partial charge is 0.381 e. The number of carbonyl (C=O) groups excluding carboxylic acids is 3. The molecule has 3 heterocycles. The van der Waals surface area contributed by atoms with E-state index < -0.39 is 6.04 Å². The molecule has 2 aliphatic rings. The van der Waals surface area contributed by atoms with Crippen LogP contribution in [0.4, 0.5) is 0 Å². The minimum atomic E-state index is -0.750. The third kappa shape index (κ3) is 8.96. The lowest BCUT2D eigenvalue weighted by atomic mass is 9.91. The lowest BCUT2D eigenvalue weighted by Gasteiger charge is -2.32. The SMILES string of the molecule is CCC(=O)N[C@@H](Cc1nc2ccc(C(C)C)cc2s1)C(=O)NC(CNC(=O)C(C)CN1CCCC1)C1CCOCC1. The first-order valence-corrected chi connectivity index (χ1v) is 16.1. The molecule has 3 amide bonds. The number of fused-ring (bicyclic) bond motifs is 1. The van der Waals surface area contributed by atoms with Crippen LogP contribution in [0.3, 0.4) is 0 Å². The van der Waals surface area contributed by atoms with Gasteiger partial charge in [-0.3, -0.25) is 14.4 Å². The van der Waals surface area contributed by atoms with Gasteiger partial charge in [0.25, 0.3) is 0 Å². The second kappa shape index (κ2) is 15.1. The highest BCUT2D eigenvalue weighted by molar-refractivity contribution is 7.18. The van der Waals surface area contributed by atoms with Gasteiger partial charge in [0, 0.05) is 51.1 Å². The topological polar surface area (TPSA) is 113 Å². The van der Waals surface area contributed by atoms with E-state index in [1.165, 1.54) is 18.4 Å². The summed E-state index contributed by atoms with van der Waals surface area (Å²) >= 11 is 1.57. The van der Waals surface area contributed by atoms with Gasteiger partial charge in [0.1, 0.15) is 6.04 Å². The Kier molecular flexibility index (Phi) is 11.5. The number of ether oxygens (including phenoxy) is 1. The van der Waals surface area contributed by atoms with Crippen molar-refractivity contribution in [1.29, 1.82) is 0 Å². The fourth-order valence-electron chi connectivity index (χ4n) is 5.67. The molecule has 0 saturated carbocycles. The first kappa shape index (κ1) is 31.4. The molecule has 1 aromatic carbocycles. The van der Waals surface area contributed by atoms with E-state index >= 15 is 0 Å². The third-order valence-corrected chi connectivity index (χ3v) is 9.35. The Morgan fingerprint density at radius 1 is 1.07 bits per heavy atom. The molecular weight excluding hydrogens is 538 g/mol. The Morgan fingerprint density at radius 2 is 1.80 bits per heavy atom. The molecule has 1 aromatic heterocycles. The van der Waals surface area contributed by atoms with Crippen molar-refractivity contribution in [2.75, 3.05) is 39.4 Å². The molecule has 0 spiro atoms. The van der Waals surface area contributed by atoms with Crippen LogP contribution < -0.4 is 16.0 Å². The van der Waals surface area contributed by atoms with Crippen molar-refractivity contribution >= 4 is 39.3 Å². The number of hydrogen-bond acceptors (Lipinski definition) is 7. The van der Waals surface area contributed by atoms with Gasteiger partial charge in [-0.05, 0) is 68.3 Å². The van der Waals surface area contributed by atoms with Crippen LogP contribution in [0.5, 0.6) is 0 Å². The zero-order valence-electron chi connectivity index (χ0n) is 25.0. The fourth-order valence-corrected chi connectivity index (χ4v) is 6.73. The molecule has 3 atom stereocenters. The molecule has 9 nitrogen and oxygen atoms in total. The van der Waals surface area contributed by atoms with Crippen molar-refractivity contribution in [3.63, 3.8) is 0 Å². The molecule has 2 saturated heterocycles. The maximum atomic E-state index is 13.7. The zero-order chi connectivity index (χ0) is 29.4. The summed E-state index contributed by atoms with van der Waals surface area (Å²) in [7, 11) is 0. The summed E-state index contributed by atoms with van der Waals surface area (Å²) in [4.78, 5) is 46.2. The predicted molar refractivity (Wildman–Crippen MR) is 163 cm³/mol. The van der Waals surface area contributed by atoms with Crippen molar-refractivity contribution in [2.24, 2.45) is 11.8 Å². The zero-order valence-corrected chi connectivity index (χ0v) is 25.9. The van der Waals surface area contributed by atoms with E-state index in [0.717, 1.165) is 47.7 Å². The van der Waals surface area contributed by atoms with Gasteiger partial charge in [-0.25, -0.2) is 4.98 Å². The minimum absolute atomic E-state index is 0.00860. The summed E-state index contributed by atoms with van der Waals surface area (Å²) in [5.41, 5.74) is 2.15. The summed E-state index contributed by atoms with van der Waals surface area (Å²) in [5, 5.41) is 10.0. The van der Waals surface area contributed by atoms with Crippen LogP contribution in [0.1, 0.15) is 76.3 Å². The van der Waals surface area contributed by atoms with Crippen LogP contribution in [0.2, 0.25) is 0 Å². The van der Waals surface area contributed by atoms with Crippen LogP contribution in [-0.4, -0.2) is 79.1 Å². The Morgan fingerprint density at radius 3 is 2.49 bits per heavy atom. The van der Waals surface area contributed by atoms with E-state index in [0.29, 0.717) is 32.1 Å². The quantitative estimate of drug-likeness (QED) is 0.331. The summed E-state index contributed by atoms with van der Waals surface area (Å²) in [6.07, 6.45) is 4.61.